The maximum Gasteiger partial charge on any atom is 0.0606 e. The van der Waals surface area contributed by atoms with E-state index in [0.717, 1.165) is 32.4 Å². The molecule has 0 amide bonds. The lowest BCUT2D eigenvalue weighted by atomic mass is 9.68. The molecular weight excluding hydrogens is 330 g/mol. The first-order valence-corrected chi connectivity index (χ1v) is 10.5. The van der Waals surface area contributed by atoms with Gasteiger partial charge in [0.1, 0.15) is 0 Å². The van der Waals surface area contributed by atoms with Crippen LogP contribution in [0.15, 0.2) is 54.6 Å². The lowest BCUT2D eigenvalue weighted by molar-refractivity contribution is -0.0470. The van der Waals surface area contributed by atoms with Crippen LogP contribution in [0.1, 0.15) is 62.8 Å². The smallest absolute Gasteiger partial charge is 0.0606 e. The quantitative estimate of drug-likeness (QED) is 0.668. The molecule has 3 atom stereocenters. The number of benzene rings is 2. The van der Waals surface area contributed by atoms with Crippen LogP contribution in [0.5, 0.6) is 0 Å². The Morgan fingerprint density at radius 1 is 1.04 bits per heavy atom. The molecule has 0 unspecified atom stereocenters. The van der Waals surface area contributed by atoms with E-state index in [1.807, 2.05) is 0 Å². The highest BCUT2D eigenvalue weighted by molar-refractivity contribution is 5.30. The van der Waals surface area contributed by atoms with Crippen molar-refractivity contribution in [2.24, 2.45) is 5.92 Å². The van der Waals surface area contributed by atoms with Crippen LogP contribution in [0, 0.1) is 12.8 Å². The summed E-state index contributed by atoms with van der Waals surface area (Å²) < 4.78 is 6.12. The number of nitrogens with one attached hydrogen (secondary N) is 1. The minimum absolute atomic E-state index is 0.213. The molecule has 0 radical (unpaired) electrons. The number of hydrogen-bond donors (Lipinski definition) is 1. The number of hydrogen-bond acceptors (Lipinski definition) is 2. The second-order valence-corrected chi connectivity index (χ2v) is 8.59. The molecule has 0 saturated carbocycles. The van der Waals surface area contributed by atoms with Gasteiger partial charge in [-0.3, -0.25) is 0 Å². The minimum atomic E-state index is 0.213. The van der Waals surface area contributed by atoms with Crippen molar-refractivity contribution in [1.29, 1.82) is 0 Å². The topological polar surface area (TPSA) is 21.3 Å². The van der Waals surface area contributed by atoms with Crippen LogP contribution in [0.4, 0.5) is 0 Å². The van der Waals surface area contributed by atoms with E-state index in [1.54, 1.807) is 0 Å². The fourth-order valence-electron chi connectivity index (χ4n) is 4.31. The van der Waals surface area contributed by atoms with Crippen LogP contribution in [0.25, 0.3) is 0 Å². The fraction of sp³-hybridized carbons (Fsp3) is 0.520. The van der Waals surface area contributed by atoms with E-state index < -0.39 is 0 Å². The van der Waals surface area contributed by atoms with E-state index in [-0.39, 0.29) is 5.41 Å². The zero-order chi connectivity index (χ0) is 19.3. The van der Waals surface area contributed by atoms with Gasteiger partial charge < -0.3 is 10.1 Å². The largest absolute Gasteiger partial charge is 0.378 e. The maximum absolute atomic E-state index is 6.12. The Kier molecular flexibility index (Phi) is 6.73. The van der Waals surface area contributed by atoms with Crippen LogP contribution >= 0.6 is 0 Å². The summed E-state index contributed by atoms with van der Waals surface area (Å²) in [5.41, 5.74) is 4.38. The summed E-state index contributed by atoms with van der Waals surface area (Å²) in [4.78, 5) is 0. The summed E-state index contributed by atoms with van der Waals surface area (Å²) in [6.45, 7) is 10.9. The summed E-state index contributed by atoms with van der Waals surface area (Å²) in [6, 6.07) is 20.3. The van der Waals surface area contributed by atoms with Gasteiger partial charge in [-0.1, -0.05) is 74.0 Å². The predicted molar refractivity (Wildman–Crippen MR) is 114 cm³/mol. The Balaban J connectivity index is 1.73. The van der Waals surface area contributed by atoms with Crippen molar-refractivity contribution in [3.63, 3.8) is 0 Å². The predicted octanol–water partition coefficient (Wildman–Crippen LogP) is 5.81. The zero-order valence-corrected chi connectivity index (χ0v) is 17.4. The van der Waals surface area contributed by atoms with Crippen molar-refractivity contribution in [1.82, 2.24) is 5.32 Å². The average Bonchev–Trinajstić information content (AvgIpc) is 2.69. The summed E-state index contributed by atoms with van der Waals surface area (Å²) in [6.07, 6.45) is 3.74. The Bertz CT molecular complexity index is 694. The van der Waals surface area contributed by atoms with Crippen LogP contribution < -0.4 is 5.32 Å². The third-order valence-electron chi connectivity index (χ3n) is 6.27. The molecular formula is C25H35NO. The first kappa shape index (κ1) is 20.1. The van der Waals surface area contributed by atoms with Crippen molar-refractivity contribution < 1.29 is 4.74 Å². The molecule has 2 aromatic rings. The van der Waals surface area contributed by atoms with Gasteiger partial charge in [0.25, 0.3) is 0 Å². The highest BCUT2D eigenvalue weighted by atomic mass is 16.5. The highest BCUT2D eigenvalue weighted by Crippen LogP contribution is 2.41. The lowest BCUT2D eigenvalue weighted by Crippen LogP contribution is -2.42. The SMILES string of the molecule is Cc1ccc([C@]2(CCN[C@@H](C)c3ccccc3)CCO[C@H](C(C)C)C2)cc1. The first-order chi connectivity index (χ1) is 13.0. The van der Waals surface area contributed by atoms with E-state index in [4.69, 9.17) is 4.74 Å². The van der Waals surface area contributed by atoms with Gasteiger partial charge in [-0.15, -0.1) is 0 Å². The van der Waals surface area contributed by atoms with Crippen LogP contribution in [-0.4, -0.2) is 19.3 Å². The molecule has 3 rings (SSSR count). The molecule has 0 bridgehead atoms. The standard InChI is InChI=1S/C25H35NO/c1-19(2)24-18-25(15-17-27-24,23-12-10-20(3)11-13-23)14-16-26-21(4)22-8-6-5-7-9-22/h5-13,19,21,24,26H,14-18H2,1-4H3/t21-,24-,25+/m0/s1. The lowest BCUT2D eigenvalue weighted by Gasteiger charge is -2.43. The Morgan fingerprint density at radius 3 is 2.41 bits per heavy atom. The van der Waals surface area contributed by atoms with Gasteiger partial charge in [-0.2, -0.15) is 0 Å². The molecule has 1 N–H and O–H groups in total. The fourth-order valence-corrected chi connectivity index (χ4v) is 4.31. The van der Waals surface area contributed by atoms with Gasteiger partial charge in [-0.25, -0.2) is 0 Å². The summed E-state index contributed by atoms with van der Waals surface area (Å²) >= 11 is 0. The van der Waals surface area contributed by atoms with Crippen molar-refractivity contribution in [2.75, 3.05) is 13.2 Å². The molecule has 1 fully saturated rings. The van der Waals surface area contributed by atoms with E-state index in [2.05, 4.69) is 87.6 Å². The third-order valence-corrected chi connectivity index (χ3v) is 6.27. The molecule has 0 spiro atoms. The Hall–Kier alpha value is -1.64. The Morgan fingerprint density at radius 2 is 1.74 bits per heavy atom. The van der Waals surface area contributed by atoms with Crippen LogP contribution in [0.3, 0.4) is 0 Å². The monoisotopic (exact) mass is 365 g/mol. The van der Waals surface area contributed by atoms with Gasteiger partial charge in [0.05, 0.1) is 6.10 Å². The van der Waals surface area contributed by atoms with Crippen molar-refractivity contribution in [3.8, 4) is 0 Å². The van der Waals surface area contributed by atoms with Crippen molar-refractivity contribution in [2.45, 2.75) is 64.5 Å². The number of ether oxygens (including phenoxy) is 1. The van der Waals surface area contributed by atoms with Crippen LogP contribution in [0.2, 0.25) is 0 Å². The van der Waals surface area contributed by atoms with Crippen molar-refractivity contribution >= 4 is 0 Å². The Labute approximate surface area is 165 Å². The van der Waals surface area contributed by atoms with Gasteiger partial charge in [0.2, 0.25) is 0 Å². The summed E-state index contributed by atoms with van der Waals surface area (Å²) in [5, 5.41) is 3.76. The average molecular weight is 366 g/mol. The summed E-state index contributed by atoms with van der Waals surface area (Å²) in [5.74, 6) is 0.561. The van der Waals surface area contributed by atoms with E-state index in [9.17, 15) is 0 Å². The molecule has 2 heteroatoms. The normalized spacial score (nSPS) is 24.1. The summed E-state index contributed by atoms with van der Waals surface area (Å²) in [7, 11) is 0. The van der Waals surface area contributed by atoms with Crippen LogP contribution in [-0.2, 0) is 10.2 Å². The van der Waals surface area contributed by atoms with E-state index >= 15 is 0 Å². The minimum Gasteiger partial charge on any atom is -0.378 e. The zero-order valence-electron chi connectivity index (χ0n) is 17.4. The number of aryl methyl sites for hydroxylation is 1. The molecule has 2 nitrogen and oxygen atoms in total. The molecule has 0 aromatic heterocycles. The molecule has 1 aliphatic heterocycles. The van der Waals surface area contributed by atoms with Crippen molar-refractivity contribution in [3.05, 3.63) is 71.3 Å². The second kappa shape index (κ2) is 9.03. The molecule has 27 heavy (non-hydrogen) atoms. The maximum atomic E-state index is 6.12. The van der Waals surface area contributed by atoms with Gasteiger partial charge >= 0.3 is 0 Å². The highest BCUT2D eigenvalue weighted by Gasteiger charge is 2.39. The first-order valence-electron chi connectivity index (χ1n) is 10.5. The van der Waals surface area contributed by atoms with Gasteiger partial charge in [0, 0.05) is 18.1 Å². The number of rotatable bonds is 7. The van der Waals surface area contributed by atoms with E-state index in [1.165, 1.54) is 16.7 Å². The van der Waals surface area contributed by atoms with Gasteiger partial charge in [0.15, 0.2) is 0 Å². The molecule has 0 aliphatic carbocycles. The molecule has 1 aliphatic rings. The van der Waals surface area contributed by atoms with Gasteiger partial charge in [-0.05, 0) is 56.7 Å². The molecule has 1 heterocycles. The third kappa shape index (κ3) is 5.00. The molecule has 146 valence electrons. The molecule has 1 saturated heterocycles. The van der Waals surface area contributed by atoms with E-state index in [0.29, 0.717) is 18.1 Å². The second-order valence-electron chi connectivity index (χ2n) is 8.59. The molecule has 2 aromatic carbocycles.